The van der Waals surface area contributed by atoms with E-state index in [-0.39, 0.29) is 17.6 Å². The molecule has 0 spiro atoms. The minimum Gasteiger partial charge on any atom is -0.469 e. The molecule has 0 radical (unpaired) electrons. The van der Waals surface area contributed by atoms with Crippen LogP contribution in [0.25, 0.3) is 0 Å². The van der Waals surface area contributed by atoms with Gasteiger partial charge in [0.15, 0.2) is 0 Å². The van der Waals surface area contributed by atoms with E-state index in [1.54, 1.807) is 11.6 Å². The van der Waals surface area contributed by atoms with Crippen LogP contribution in [0.5, 0.6) is 0 Å². The zero-order valence-electron chi connectivity index (χ0n) is 12.6. The number of carbonyl (C=O) groups is 1. The van der Waals surface area contributed by atoms with Crippen molar-refractivity contribution in [3.05, 3.63) is 17.0 Å². The van der Waals surface area contributed by atoms with Crippen molar-refractivity contribution in [1.82, 2.24) is 9.78 Å². The molecule has 0 bridgehead atoms. The number of sulfone groups is 1. The van der Waals surface area contributed by atoms with Crippen molar-refractivity contribution < 1.29 is 17.9 Å². The molecule has 7 heteroatoms. The van der Waals surface area contributed by atoms with Crippen molar-refractivity contribution in [2.24, 2.45) is 5.92 Å². The normalized spacial score (nSPS) is 13.2. The van der Waals surface area contributed by atoms with Crippen LogP contribution in [0, 0.1) is 19.8 Å². The molecule has 1 aromatic rings. The van der Waals surface area contributed by atoms with Gasteiger partial charge in [-0.2, -0.15) is 5.10 Å². The number of methoxy groups -OCH3 is 1. The molecule has 0 amide bonds. The van der Waals surface area contributed by atoms with Gasteiger partial charge < -0.3 is 4.74 Å². The average Bonchev–Trinajstić information content (AvgIpc) is 2.62. The summed E-state index contributed by atoms with van der Waals surface area (Å²) in [4.78, 5) is 11.5. The van der Waals surface area contributed by atoms with Crippen molar-refractivity contribution in [3.63, 3.8) is 0 Å². The third-order valence-electron chi connectivity index (χ3n) is 3.32. The van der Waals surface area contributed by atoms with Crippen molar-refractivity contribution >= 4 is 15.8 Å². The van der Waals surface area contributed by atoms with Gasteiger partial charge >= 0.3 is 5.97 Å². The molecule has 0 aliphatic heterocycles. The highest BCUT2D eigenvalue weighted by molar-refractivity contribution is 7.90. The maximum Gasteiger partial charge on any atom is 0.308 e. The molecule has 1 atom stereocenters. The molecule has 1 aromatic heterocycles. The number of rotatable bonds is 6. The second-order valence-corrected chi connectivity index (χ2v) is 7.39. The van der Waals surface area contributed by atoms with Crippen LogP contribution in [-0.4, -0.2) is 43.3 Å². The van der Waals surface area contributed by atoms with E-state index in [0.717, 1.165) is 17.0 Å². The number of hydrogen-bond donors (Lipinski definition) is 0. The Bertz CT molecular complexity index is 590. The number of hydrogen-bond acceptors (Lipinski definition) is 5. The third-order valence-corrected chi connectivity index (χ3v) is 4.24. The lowest BCUT2D eigenvalue weighted by molar-refractivity contribution is -0.144. The molecular formula is C13H22N2O4S. The lowest BCUT2D eigenvalue weighted by Crippen LogP contribution is -2.16. The molecular weight excluding hydrogens is 280 g/mol. The van der Waals surface area contributed by atoms with Crippen molar-refractivity contribution in [2.75, 3.05) is 19.1 Å². The SMILES string of the molecule is COC(=O)C(C)Cc1c(C)nn(CCS(C)(=O)=O)c1C. The Balaban J connectivity index is 2.89. The van der Waals surface area contributed by atoms with Gasteiger partial charge in [0.05, 0.1) is 31.0 Å². The summed E-state index contributed by atoms with van der Waals surface area (Å²) in [6, 6.07) is 0. The van der Waals surface area contributed by atoms with Crippen molar-refractivity contribution in [2.45, 2.75) is 33.7 Å². The number of aryl methyl sites for hydroxylation is 2. The Morgan fingerprint density at radius 1 is 1.40 bits per heavy atom. The van der Waals surface area contributed by atoms with Gasteiger partial charge in [-0.3, -0.25) is 9.48 Å². The summed E-state index contributed by atoms with van der Waals surface area (Å²) < 4.78 is 28.8. The second-order valence-electron chi connectivity index (χ2n) is 5.13. The number of ether oxygens (including phenoxy) is 1. The van der Waals surface area contributed by atoms with Gasteiger partial charge in [-0.15, -0.1) is 0 Å². The van der Waals surface area contributed by atoms with E-state index in [0.29, 0.717) is 13.0 Å². The van der Waals surface area contributed by atoms with Crippen LogP contribution in [0.1, 0.15) is 23.9 Å². The van der Waals surface area contributed by atoms with Crippen LogP contribution in [0.2, 0.25) is 0 Å². The largest absolute Gasteiger partial charge is 0.469 e. The Kier molecular flexibility index (Phi) is 5.33. The fourth-order valence-corrected chi connectivity index (χ4v) is 2.59. The van der Waals surface area contributed by atoms with Gasteiger partial charge in [0.2, 0.25) is 0 Å². The lowest BCUT2D eigenvalue weighted by atomic mass is 10.00. The molecule has 0 N–H and O–H groups in total. The second kappa shape index (κ2) is 6.39. The molecule has 0 aromatic carbocycles. The van der Waals surface area contributed by atoms with Gasteiger partial charge in [-0.05, 0) is 25.8 Å². The number of esters is 1. The highest BCUT2D eigenvalue weighted by Gasteiger charge is 2.19. The zero-order valence-corrected chi connectivity index (χ0v) is 13.5. The fourth-order valence-electron chi connectivity index (χ4n) is 2.09. The minimum absolute atomic E-state index is 0.0565. The molecule has 0 aliphatic carbocycles. The molecule has 0 saturated heterocycles. The van der Waals surface area contributed by atoms with Crippen LogP contribution in [0.4, 0.5) is 0 Å². The van der Waals surface area contributed by atoms with E-state index in [1.165, 1.54) is 13.4 Å². The number of aromatic nitrogens is 2. The molecule has 0 saturated carbocycles. The van der Waals surface area contributed by atoms with Crippen molar-refractivity contribution in [3.8, 4) is 0 Å². The summed E-state index contributed by atoms with van der Waals surface area (Å²) in [6.45, 7) is 5.89. The Labute approximate surface area is 120 Å². The van der Waals surface area contributed by atoms with Crippen LogP contribution in [-0.2, 0) is 32.3 Å². The van der Waals surface area contributed by atoms with E-state index in [1.807, 2.05) is 13.8 Å². The molecule has 1 rings (SSSR count). The van der Waals surface area contributed by atoms with Crippen molar-refractivity contribution in [1.29, 1.82) is 0 Å². The van der Waals surface area contributed by atoms with E-state index in [2.05, 4.69) is 5.10 Å². The van der Waals surface area contributed by atoms with Gasteiger partial charge in [0, 0.05) is 11.9 Å². The monoisotopic (exact) mass is 302 g/mol. The van der Waals surface area contributed by atoms with Crippen LogP contribution in [0.3, 0.4) is 0 Å². The molecule has 20 heavy (non-hydrogen) atoms. The van der Waals surface area contributed by atoms with E-state index in [9.17, 15) is 13.2 Å². The van der Waals surface area contributed by atoms with Gasteiger partial charge in [0.25, 0.3) is 0 Å². The summed E-state index contributed by atoms with van der Waals surface area (Å²) in [5.74, 6) is -0.446. The first kappa shape index (κ1) is 16.7. The van der Waals surface area contributed by atoms with Crippen LogP contribution < -0.4 is 0 Å². The Hall–Kier alpha value is -1.37. The highest BCUT2D eigenvalue weighted by atomic mass is 32.2. The minimum atomic E-state index is -3.02. The van der Waals surface area contributed by atoms with Gasteiger partial charge in [-0.1, -0.05) is 6.92 Å². The molecule has 1 heterocycles. The first-order valence-corrected chi connectivity index (χ1v) is 8.50. The maximum absolute atomic E-state index is 11.5. The van der Waals surface area contributed by atoms with Gasteiger partial charge in [0.1, 0.15) is 9.84 Å². The molecule has 0 aliphatic rings. The van der Waals surface area contributed by atoms with Gasteiger partial charge in [-0.25, -0.2) is 8.42 Å². The Morgan fingerprint density at radius 3 is 2.50 bits per heavy atom. The maximum atomic E-state index is 11.5. The topological polar surface area (TPSA) is 78.3 Å². The van der Waals surface area contributed by atoms with Crippen LogP contribution in [0.15, 0.2) is 0 Å². The van der Waals surface area contributed by atoms with Crippen LogP contribution >= 0.6 is 0 Å². The third kappa shape index (κ3) is 4.33. The predicted molar refractivity (Wildman–Crippen MR) is 76.3 cm³/mol. The summed E-state index contributed by atoms with van der Waals surface area (Å²) in [7, 11) is -1.65. The fraction of sp³-hybridized carbons (Fsp3) is 0.692. The summed E-state index contributed by atoms with van der Waals surface area (Å²) in [6.07, 6.45) is 1.75. The molecule has 114 valence electrons. The number of carbonyl (C=O) groups excluding carboxylic acids is 1. The molecule has 1 unspecified atom stereocenters. The zero-order chi connectivity index (χ0) is 15.5. The predicted octanol–water partition coefficient (Wildman–Crippen LogP) is 0.896. The molecule has 0 fully saturated rings. The first-order chi connectivity index (χ1) is 9.15. The summed E-state index contributed by atoms with van der Waals surface area (Å²) in [5.41, 5.74) is 2.71. The highest BCUT2D eigenvalue weighted by Crippen LogP contribution is 2.18. The Morgan fingerprint density at radius 2 is 2.00 bits per heavy atom. The lowest BCUT2D eigenvalue weighted by Gasteiger charge is -2.09. The quantitative estimate of drug-likeness (QED) is 0.729. The van der Waals surface area contributed by atoms with E-state index < -0.39 is 9.84 Å². The average molecular weight is 302 g/mol. The summed E-state index contributed by atoms with van der Waals surface area (Å²) >= 11 is 0. The summed E-state index contributed by atoms with van der Waals surface area (Å²) in [5, 5.41) is 4.35. The smallest absolute Gasteiger partial charge is 0.308 e. The number of nitrogens with zero attached hydrogens (tertiary/aromatic N) is 2. The van der Waals surface area contributed by atoms with E-state index >= 15 is 0 Å². The van der Waals surface area contributed by atoms with E-state index in [4.69, 9.17) is 4.74 Å². The standard InChI is InChI=1S/C13H22N2O4S/c1-9(13(16)19-4)8-12-10(2)14-15(11(12)3)6-7-20(5,17)18/h9H,6-8H2,1-5H3. The molecule has 6 nitrogen and oxygen atoms in total. The first-order valence-electron chi connectivity index (χ1n) is 6.44.